The Morgan fingerprint density at radius 2 is 1.86 bits per heavy atom. The first kappa shape index (κ1) is 13.1. The molecule has 0 atom stereocenters. The average molecular weight is 278 g/mol. The fourth-order valence-electron chi connectivity index (χ4n) is 2.32. The monoisotopic (exact) mass is 278 g/mol. The second-order valence-corrected chi connectivity index (χ2v) is 4.72. The number of rotatable bonds is 3. The molecule has 0 saturated heterocycles. The normalized spacial score (nSPS) is 10.5. The minimum atomic E-state index is -0.436. The molecule has 0 spiro atoms. The number of carbonyl (C=O) groups excluding carboxylic acids is 1. The van der Waals surface area contributed by atoms with Crippen molar-refractivity contribution in [2.24, 2.45) is 5.73 Å². The molecule has 0 fully saturated rings. The summed E-state index contributed by atoms with van der Waals surface area (Å²) >= 11 is 0. The van der Waals surface area contributed by atoms with E-state index in [-0.39, 0.29) is 0 Å². The summed E-state index contributed by atoms with van der Waals surface area (Å²) in [6.45, 7) is 0. The molecule has 0 aliphatic carbocycles. The number of aromatic nitrogens is 1. The largest absolute Gasteiger partial charge is 0.497 e. The van der Waals surface area contributed by atoms with Crippen LogP contribution in [0, 0.1) is 0 Å². The third kappa shape index (κ3) is 2.43. The predicted octanol–water partition coefficient (Wildman–Crippen LogP) is 3.01. The molecule has 4 heteroatoms. The van der Waals surface area contributed by atoms with Crippen LogP contribution in [0.4, 0.5) is 0 Å². The summed E-state index contributed by atoms with van der Waals surface area (Å²) in [4.78, 5) is 15.6. The molecule has 0 bridgehead atoms. The fraction of sp³-hybridized carbons (Fsp3) is 0.0588. The van der Waals surface area contributed by atoms with E-state index in [1.54, 1.807) is 31.6 Å². The molecule has 0 unspecified atom stereocenters. The number of pyridine rings is 1. The van der Waals surface area contributed by atoms with Crippen molar-refractivity contribution in [2.45, 2.75) is 0 Å². The Labute approximate surface area is 122 Å². The van der Waals surface area contributed by atoms with Crippen LogP contribution in [0.5, 0.6) is 5.75 Å². The van der Waals surface area contributed by atoms with E-state index in [1.165, 1.54) is 0 Å². The molecular formula is C17H14N2O2. The smallest absolute Gasteiger partial charge is 0.248 e. The summed E-state index contributed by atoms with van der Waals surface area (Å²) in [5.74, 6) is 0.360. The van der Waals surface area contributed by atoms with Crippen LogP contribution in [-0.2, 0) is 0 Å². The first-order valence-corrected chi connectivity index (χ1v) is 6.51. The number of nitrogens with two attached hydrogens (primary N) is 1. The van der Waals surface area contributed by atoms with Crippen LogP contribution in [0.3, 0.4) is 0 Å². The number of nitrogens with zero attached hydrogens (tertiary/aromatic N) is 1. The first-order valence-electron chi connectivity index (χ1n) is 6.51. The zero-order valence-electron chi connectivity index (χ0n) is 11.5. The number of primary amides is 1. The molecule has 0 saturated carbocycles. The maximum Gasteiger partial charge on any atom is 0.248 e. The Morgan fingerprint density at radius 3 is 2.52 bits per heavy atom. The molecular weight excluding hydrogens is 264 g/mol. The molecule has 104 valence electrons. The van der Waals surface area contributed by atoms with Crippen molar-refractivity contribution in [1.82, 2.24) is 4.98 Å². The third-order valence-electron chi connectivity index (χ3n) is 3.45. The number of fused-ring (bicyclic) bond motifs is 1. The topological polar surface area (TPSA) is 65.2 Å². The average Bonchev–Trinajstić information content (AvgIpc) is 2.54. The molecule has 3 aromatic rings. The highest BCUT2D eigenvalue weighted by molar-refractivity contribution is 6.02. The maximum atomic E-state index is 11.4. The van der Waals surface area contributed by atoms with Crippen molar-refractivity contribution in [3.63, 3.8) is 0 Å². The Kier molecular flexibility index (Phi) is 3.28. The van der Waals surface area contributed by atoms with Crippen LogP contribution < -0.4 is 10.5 Å². The highest BCUT2D eigenvalue weighted by atomic mass is 16.5. The lowest BCUT2D eigenvalue weighted by Crippen LogP contribution is -2.10. The van der Waals surface area contributed by atoms with Crippen molar-refractivity contribution in [1.29, 1.82) is 0 Å². The van der Waals surface area contributed by atoms with Crippen LogP contribution in [0.25, 0.3) is 21.9 Å². The SMILES string of the molecule is COc1ccc(-c2cncc3ccc(C(N)=O)cc23)cc1. The van der Waals surface area contributed by atoms with Gasteiger partial charge >= 0.3 is 0 Å². The van der Waals surface area contributed by atoms with Crippen LogP contribution >= 0.6 is 0 Å². The second-order valence-electron chi connectivity index (χ2n) is 4.72. The maximum absolute atomic E-state index is 11.4. The van der Waals surface area contributed by atoms with Crippen molar-refractivity contribution >= 4 is 16.7 Å². The molecule has 2 N–H and O–H groups in total. The quantitative estimate of drug-likeness (QED) is 0.801. The van der Waals surface area contributed by atoms with Gasteiger partial charge in [0.2, 0.25) is 5.91 Å². The summed E-state index contributed by atoms with van der Waals surface area (Å²) in [6, 6.07) is 13.1. The number of benzene rings is 2. The van der Waals surface area contributed by atoms with Gasteiger partial charge in [-0.25, -0.2) is 0 Å². The summed E-state index contributed by atoms with van der Waals surface area (Å²) in [6.07, 6.45) is 3.56. The third-order valence-corrected chi connectivity index (χ3v) is 3.45. The van der Waals surface area contributed by atoms with E-state index >= 15 is 0 Å². The highest BCUT2D eigenvalue weighted by Crippen LogP contribution is 2.29. The van der Waals surface area contributed by atoms with E-state index in [0.717, 1.165) is 27.6 Å². The van der Waals surface area contributed by atoms with Crippen LogP contribution in [0.15, 0.2) is 54.9 Å². The lowest BCUT2D eigenvalue weighted by atomic mass is 9.99. The van der Waals surface area contributed by atoms with E-state index in [2.05, 4.69) is 4.98 Å². The highest BCUT2D eigenvalue weighted by Gasteiger charge is 2.08. The fourth-order valence-corrected chi connectivity index (χ4v) is 2.32. The molecule has 1 aromatic heterocycles. The molecule has 0 radical (unpaired) electrons. The van der Waals surface area contributed by atoms with Gasteiger partial charge < -0.3 is 10.5 Å². The Hall–Kier alpha value is -2.88. The van der Waals surface area contributed by atoms with Gasteiger partial charge in [-0.05, 0) is 35.2 Å². The number of hydrogen-bond donors (Lipinski definition) is 1. The zero-order chi connectivity index (χ0) is 14.8. The van der Waals surface area contributed by atoms with Gasteiger partial charge in [0.25, 0.3) is 0 Å². The standard InChI is InChI=1S/C17H14N2O2/c1-21-14-6-4-11(5-7-14)16-10-19-9-13-3-2-12(17(18)20)8-15(13)16/h2-10H,1H3,(H2,18,20). The van der Waals surface area contributed by atoms with Crippen molar-refractivity contribution < 1.29 is 9.53 Å². The Balaban J connectivity index is 2.20. The Morgan fingerprint density at radius 1 is 1.10 bits per heavy atom. The summed E-state index contributed by atoms with van der Waals surface area (Å²) in [7, 11) is 1.63. The predicted molar refractivity (Wildman–Crippen MR) is 82.2 cm³/mol. The van der Waals surface area contributed by atoms with Crippen LogP contribution in [-0.4, -0.2) is 18.0 Å². The van der Waals surface area contributed by atoms with Crippen LogP contribution in [0.1, 0.15) is 10.4 Å². The van der Waals surface area contributed by atoms with E-state index in [0.29, 0.717) is 5.56 Å². The molecule has 4 nitrogen and oxygen atoms in total. The first-order chi connectivity index (χ1) is 10.2. The van der Waals surface area contributed by atoms with Gasteiger partial charge in [-0.3, -0.25) is 9.78 Å². The van der Waals surface area contributed by atoms with Gasteiger partial charge in [0, 0.05) is 28.9 Å². The van der Waals surface area contributed by atoms with E-state index in [9.17, 15) is 4.79 Å². The minimum absolute atomic E-state index is 0.436. The van der Waals surface area contributed by atoms with Gasteiger partial charge in [0.1, 0.15) is 5.75 Å². The summed E-state index contributed by atoms with van der Waals surface area (Å²) in [5, 5.41) is 1.92. The van der Waals surface area contributed by atoms with Gasteiger partial charge in [0.05, 0.1) is 7.11 Å². The molecule has 2 aromatic carbocycles. The van der Waals surface area contributed by atoms with Gasteiger partial charge in [-0.15, -0.1) is 0 Å². The molecule has 3 rings (SSSR count). The van der Waals surface area contributed by atoms with Gasteiger partial charge in [0.15, 0.2) is 0 Å². The van der Waals surface area contributed by atoms with Gasteiger partial charge in [-0.1, -0.05) is 18.2 Å². The number of amides is 1. The molecule has 21 heavy (non-hydrogen) atoms. The number of hydrogen-bond acceptors (Lipinski definition) is 3. The van der Waals surface area contributed by atoms with E-state index < -0.39 is 5.91 Å². The molecule has 0 aliphatic rings. The molecule has 1 amide bonds. The lowest BCUT2D eigenvalue weighted by molar-refractivity contribution is 0.100. The van der Waals surface area contributed by atoms with E-state index in [1.807, 2.05) is 30.3 Å². The van der Waals surface area contributed by atoms with Crippen molar-refractivity contribution in [3.05, 3.63) is 60.4 Å². The molecule has 1 heterocycles. The van der Waals surface area contributed by atoms with Crippen molar-refractivity contribution in [2.75, 3.05) is 7.11 Å². The summed E-state index contributed by atoms with van der Waals surface area (Å²) in [5.41, 5.74) is 7.82. The summed E-state index contributed by atoms with van der Waals surface area (Å²) < 4.78 is 5.17. The molecule has 0 aliphatic heterocycles. The van der Waals surface area contributed by atoms with E-state index in [4.69, 9.17) is 10.5 Å². The minimum Gasteiger partial charge on any atom is -0.497 e. The number of carbonyl (C=O) groups is 1. The second kappa shape index (κ2) is 5.25. The van der Waals surface area contributed by atoms with Gasteiger partial charge in [-0.2, -0.15) is 0 Å². The lowest BCUT2D eigenvalue weighted by Gasteiger charge is -2.08. The van der Waals surface area contributed by atoms with Crippen LogP contribution in [0.2, 0.25) is 0 Å². The van der Waals surface area contributed by atoms with Crippen molar-refractivity contribution in [3.8, 4) is 16.9 Å². The number of ether oxygens (including phenoxy) is 1. The Bertz CT molecular complexity index is 811. The zero-order valence-corrected chi connectivity index (χ0v) is 11.5. The number of methoxy groups -OCH3 is 1.